The Morgan fingerprint density at radius 1 is 1.23 bits per heavy atom. The maximum atomic E-state index is 12.3. The number of benzene rings is 1. The van der Waals surface area contributed by atoms with Crippen molar-refractivity contribution in [3.8, 4) is 11.5 Å². The molecule has 26 heavy (non-hydrogen) atoms. The van der Waals surface area contributed by atoms with Gasteiger partial charge in [0.2, 0.25) is 0 Å². The standard InChI is InChI=1S/C21H28N2O3/c1-5-7-12-26-20-11-9-17(13-21(20)25-6-2)8-10-19(24)18-14-22-23(15-18)16(3)4/h8-11,13-16H,5-7,12H2,1-4H3/b10-8+. The van der Waals surface area contributed by atoms with Gasteiger partial charge < -0.3 is 9.47 Å². The van der Waals surface area contributed by atoms with E-state index in [4.69, 9.17) is 9.47 Å². The molecule has 1 aromatic heterocycles. The van der Waals surface area contributed by atoms with Gasteiger partial charge in [0.05, 0.1) is 25.0 Å². The summed E-state index contributed by atoms with van der Waals surface area (Å²) in [6.07, 6.45) is 8.81. The fourth-order valence-corrected chi connectivity index (χ4v) is 2.36. The number of carbonyl (C=O) groups is 1. The molecule has 2 aromatic rings. The van der Waals surface area contributed by atoms with Crippen molar-refractivity contribution >= 4 is 11.9 Å². The highest BCUT2D eigenvalue weighted by Gasteiger charge is 2.08. The summed E-state index contributed by atoms with van der Waals surface area (Å²) in [5.74, 6) is 1.37. The van der Waals surface area contributed by atoms with Gasteiger partial charge in [-0.25, -0.2) is 0 Å². The summed E-state index contributed by atoms with van der Waals surface area (Å²) in [7, 11) is 0. The van der Waals surface area contributed by atoms with Crippen LogP contribution in [0.25, 0.3) is 6.08 Å². The van der Waals surface area contributed by atoms with E-state index in [0.717, 1.165) is 24.2 Å². The summed E-state index contributed by atoms with van der Waals surface area (Å²) in [6, 6.07) is 5.94. The lowest BCUT2D eigenvalue weighted by Crippen LogP contribution is -2.01. The minimum atomic E-state index is -0.0712. The molecule has 0 aliphatic rings. The van der Waals surface area contributed by atoms with E-state index < -0.39 is 0 Å². The zero-order valence-electron chi connectivity index (χ0n) is 16.1. The van der Waals surface area contributed by atoms with Crippen LogP contribution in [0.2, 0.25) is 0 Å². The SMILES string of the molecule is CCCCOc1ccc(/C=C/C(=O)c2cnn(C(C)C)c2)cc1OCC. The molecular weight excluding hydrogens is 328 g/mol. The van der Waals surface area contributed by atoms with Crippen LogP contribution in [0.4, 0.5) is 0 Å². The molecule has 0 N–H and O–H groups in total. The van der Waals surface area contributed by atoms with Gasteiger partial charge in [-0.15, -0.1) is 0 Å². The molecule has 2 rings (SSSR count). The topological polar surface area (TPSA) is 53.3 Å². The number of allylic oxidation sites excluding steroid dienone is 1. The Kier molecular flexibility index (Phi) is 7.45. The second-order valence-electron chi connectivity index (χ2n) is 6.34. The van der Waals surface area contributed by atoms with E-state index in [2.05, 4.69) is 12.0 Å². The number of carbonyl (C=O) groups excluding carboxylic acids is 1. The molecule has 0 aliphatic heterocycles. The van der Waals surface area contributed by atoms with Crippen molar-refractivity contribution in [3.63, 3.8) is 0 Å². The lowest BCUT2D eigenvalue weighted by Gasteiger charge is -2.12. The maximum absolute atomic E-state index is 12.3. The fourth-order valence-electron chi connectivity index (χ4n) is 2.36. The van der Waals surface area contributed by atoms with Crippen molar-refractivity contribution in [1.29, 1.82) is 0 Å². The van der Waals surface area contributed by atoms with Crippen molar-refractivity contribution in [1.82, 2.24) is 9.78 Å². The highest BCUT2D eigenvalue weighted by molar-refractivity contribution is 6.06. The average Bonchev–Trinajstić information content (AvgIpc) is 3.12. The van der Waals surface area contributed by atoms with Crippen LogP contribution >= 0.6 is 0 Å². The molecule has 0 aliphatic carbocycles. The first-order chi connectivity index (χ1) is 12.5. The smallest absolute Gasteiger partial charge is 0.189 e. The predicted molar refractivity (Wildman–Crippen MR) is 104 cm³/mol. The normalized spacial score (nSPS) is 11.3. The molecule has 0 amide bonds. The first-order valence-electron chi connectivity index (χ1n) is 9.21. The lowest BCUT2D eigenvalue weighted by atomic mass is 10.1. The summed E-state index contributed by atoms with van der Waals surface area (Å²) < 4.78 is 13.2. The minimum Gasteiger partial charge on any atom is -0.490 e. The summed E-state index contributed by atoms with van der Waals surface area (Å²) in [4.78, 5) is 12.3. The summed E-state index contributed by atoms with van der Waals surface area (Å²) in [5.41, 5.74) is 1.47. The van der Waals surface area contributed by atoms with Gasteiger partial charge in [-0.05, 0) is 51.0 Å². The summed E-state index contributed by atoms with van der Waals surface area (Å²) in [5, 5.41) is 4.20. The van der Waals surface area contributed by atoms with Crippen LogP contribution in [-0.4, -0.2) is 28.8 Å². The van der Waals surface area contributed by atoms with E-state index >= 15 is 0 Å². The Hall–Kier alpha value is -2.56. The summed E-state index contributed by atoms with van der Waals surface area (Å²) in [6.45, 7) is 9.35. The van der Waals surface area contributed by atoms with E-state index in [0.29, 0.717) is 24.5 Å². The van der Waals surface area contributed by atoms with E-state index in [1.807, 2.05) is 39.0 Å². The third kappa shape index (κ3) is 5.48. The number of rotatable bonds is 10. The Labute approximate surface area is 155 Å². The van der Waals surface area contributed by atoms with Crippen molar-refractivity contribution in [2.24, 2.45) is 0 Å². The number of hydrogen-bond donors (Lipinski definition) is 0. The molecule has 0 bridgehead atoms. The van der Waals surface area contributed by atoms with E-state index in [-0.39, 0.29) is 11.8 Å². The van der Waals surface area contributed by atoms with Gasteiger partial charge in [0, 0.05) is 12.2 Å². The number of hydrogen-bond acceptors (Lipinski definition) is 4. The van der Waals surface area contributed by atoms with Gasteiger partial charge in [0.15, 0.2) is 17.3 Å². The van der Waals surface area contributed by atoms with Crippen LogP contribution in [0, 0.1) is 0 Å². The highest BCUT2D eigenvalue weighted by Crippen LogP contribution is 2.29. The van der Waals surface area contributed by atoms with Gasteiger partial charge in [-0.2, -0.15) is 5.10 Å². The maximum Gasteiger partial charge on any atom is 0.189 e. The fraction of sp³-hybridized carbons (Fsp3) is 0.429. The Morgan fingerprint density at radius 3 is 2.69 bits per heavy atom. The molecule has 1 aromatic carbocycles. The highest BCUT2D eigenvalue weighted by atomic mass is 16.5. The van der Waals surface area contributed by atoms with Gasteiger partial charge in [-0.1, -0.05) is 25.5 Å². The molecule has 1 heterocycles. The molecule has 0 unspecified atom stereocenters. The van der Waals surface area contributed by atoms with Crippen molar-refractivity contribution in [3.05, 3.63) is 47.8 Å². The monoisotopic (exact) mass is 356 g/mol. The second kappa shape index (κ2) is 9.80. The molecule has 0 atom stereocenters. The number of unbranched alkanes of at least 4 members (excludes halogenated alkanes) is 1. The van der Waals surface area contributed by atoms with Gasteiger partial charge in [0.1, 0.15) is 0 Å². The number of nitrogens with zero attached hydrogens (tertiary/aromatic N) is 2. The van der Waals surface area contributed by atoms with Gasteiger partial charge >= 0.3 is 0 Å². The minimum absolute atomic E-state index is 0.0712. The average molecular weight is 356 g/mol. The molecule has 0 saturated heterocycles. The van der Waals surface area contributed by atoms with E-state index in [1.54, 1.807) is 29.2 Å². The lowest BCUT2D eigenvalue weighted by molar-refractivity contribution is 0.104. The van der Waals surface area contributed by atoms with Gasteiger partial charge in [0.25, 0.3) is 0 Å². The molecular formula is C21H28N2O3. The van der Waals surface area contributed by atoms with Crippen molar-refractivity contribution < 1.29 is 14.3 Å². The van der Waals surface area contributed by atoms with Crippen LogP contribution in [-0.2, 0) is 0 Å². The largest absolute Gasteiger partial charge is 0.490 e. The number of ether oxygens (including phenoxy) is 2. The number of aromatic nitrogens is 2. The molecule has 5 heteroatoms. The number of ketones is 1. The molecule has 0 radical (unpaired) electrons. The van der Waals surface area contributed by atoms with Crippen molar-refractivity contribution in [2.45, 2.75) is 46.6 Å². The van der Waals surface area contributed by atoms with Crippen molar-refractivity contribution in [2.75, 3.05) is 13.2 Å². The first-order valence-corrected chi connectivity index (χ1v) is 9.21. The predicted octanol–water partition coefficient (Wildman–Crippen LogP) is 4.94. The van der Waals surface area contributed by atoms with Gasteiger partial charge in [-0.3, -0.25) is 9.48 Å². The third-order valence-corrected chi connectivity index (χ3v) is 3.87. The summed E-state index contributed by atoms with van der Waals surface area (Å²) >= 11 is 0. The van der Waals surface area contributed by atoms with E-state index in [9.17, 15) is 4.79 Å². The third-order valence-electron chi connectivity index (χ3n) is 3.87. The van der Waals surface area contributed by atoms with E-state index in [1.165, 1.54) is 0 Å². The van der Waals surface area contributed by atoms with Crippen LogP contribution < -0.4 is 9.47 Å². The quantitative estimate of drug-likeness (QED) is 0.344. The molecule has 0 spiro atoms. The first kappa shape index (κ1) is 19.8. The second-order valence-corrected chi connectivity index (χ2v) is 6.34. The van der Waals surface area contributed by atoms with Crippen LogP contribution in [0.15, 0.2) is 36.7 Å². The van der Waals surface area contributed by atoms with Crippen LogP contribution in [0.1, 0.15) is 62.5 Å². The Morgan fingerprint density at radius 2 is 2.04 bits per heavy atom. The zero-order valence-corrected chi connectivity index (χ0v) is 16.1. The molecule has 0 saturated carbocycles. The Balaban J connectivity index is 2.10. The molecule has 140 valence electrons. The molecule has 0 fully saturated rings. The van der Waals surface area contributed by atoms with Crippen LogP contribution in [0.3, 0.4) is 0 Å². The molecule has 5 nitrogen and oxygen atoms in total. The Bertz CT molecular complexity index is 747. The van der Waals surface area contributed by atoms with Crippen LogP contribution in [0.5, 0.6) is 11.5 Å². The zero-order chi connectivity index (χ0) is 18.9.